The topological polar surface area (TPSA) is 73.5 Å². The molecule has 1 saturated heterocycles. The van der Waals surface area contributed by atoms with Crippen LogP contribution in [-0.2, 0) is 4.79 Å². The third kappa shape index (κ3) is 6.85. The van der Waals surface area contributed by atoms with Crippen molar-refractivity contribution >= 4 is 11.8 Å². The van der Waals surface area contributed by atoms with E-state index in [-0.39, 0.29) is 35.6 Å². The van der Waals surface area contributed by atoms with Crippen molar-refractivity contribution in [2.75, 3.05) is 13.6 Å². The normalized spacial score (nSPS) is 18.8. The molecule has 1 heterocycles. The maximum absolute atomic E-state index is 13.5. The van der Waals surface area contributed by atoms with Gasteiger partial charge in [0.15, 0.2) is 0 Å². The summed E-state index contributed by atoms with van der Waals surface area (Å²) >= 11 is 0. The van der Waals surface area contributed by atoms with Gasteiger partial charge in [-0.1, -0.05) is 43.7 Å². The Labute approximate surface area is 195 Å². The fourth-order valence-corrected chi connectivity index (χ4v) is 4.12. The first-order valence-corrected chi connectivity index (χ1v) is 11.6. The van der Waals surface area contributed by atoms with Crippen LogP contribution in [0.1, 0.15) is 60.6 Å². The molecule has 1 aliphatic rings. The molecule has 3 unspecified atom stereocenters. The van der Waals surface area contributed by atoms with E-state index in [4.69, 9.17) is 0 Å². The first-order valence-electron chi connectivity index (χ1n) is 11.6. The zero-order valence-corrected chi connectivity index (χ0v) is 19.9. The Bertz CT molecular complexity index is 948. The van der Waals surface area contributed by atoms with E-state index in [1.54, 1.807) is 36.2 Å². The molecule has 0 saturated carbocycles. The first-order chi connectivity index (χ1) is 15.7. The third-order valence-corrected chi connectivity index (χ3v) is 6.19. The van der Waals surface area contributed by atoms with Gasteiger partial charge in [0.05, 0.1) is 0 Å². The Hall–Kier alpha value is -2.77. The molecule has 0 aliphatic carbocycles. The van der Waals surface area contributed by atoms with Crippen molar-refractivity contribution in [1.82, 2.24) is 21.1 Å². The van der Waals surface area contributed by atoms with Crippen LogP contribution in [-0.4, -0.2) is 42.4 Å². The summed E-state index contributed by atoms with van der Waals surface area (Å²) in [6.07, 6.45) is 2.58. The largest absolute Gasteiger partial charge is 0.344 e. The summed E-state index contributed by atoms with van der Waals surface area (Å²) in [6, 6.07) is 13.7. The summed E-state index contributed by atoms with van der Waals surface area (Å²) in [5.41, 5.74) is 9.09. The van der Waals surface area contributed by atoms with Crippen LogP contribution in [0.4, 0.5) is 4.39 Å². The monoisotopic (exact) mass is 454 g/mol. The first kappa shape index (κ1) is 24.9. The van der Waals surface area contributed by atoms with Crippen molar-refractivity contribution in [2.24, 2.45) is 5.92 Å². The number of nitrogens with one attached hydrogen (secondary N) is 3. The molecule has 3 N–H and O–H groups in total. The summed E-state index contributed by atoms with van der Waals surface area (Å²) in [5, 5.41) is 2.91. The summed E-state index contributed by atoms with van der Waals surface area (Å²) in [6.45, 7) is 6.44. The molecule has 0 radical (unpaired) electrons. The minimum atomic E-state index is -0.576. The fourth-order valence-electron chi connectivity index (χ4n) is 4.12. The molecule has 178 valence electrons. The number of rotatable bonds is 9. The SMILES string of the molecule is Cc1ccc(C(=O)NC(C(=O)N(C)CCCC2CC(c3cccc(F)c3)NN2)C(C)C)cc1. The van der Waals surface area contributed by atoms with Crippen LogP contribution in [0.2, 0.25) is 0 Å². The molecule has 0 spiro atoms. The van der Waals surface area contributed by atoms with E-state index in [2.05, 4.69) is 16.2 Å². The molecule has 0 bridgehead atoms. The molecule has 1 aliphatic heterocycles. The molecule has 0 aromatic heterocycles. The van der Waals surface area contributed by atoms with E-state index in [0.717, 1.165) is 30.4 Å². The predicted molar refractivity (Wildman–Crippen MR) is 128 cm³/mol. The second kappa shape index (κ2) is 11.4. The summed E-state index contributed by atoms with van der Waals surface area (Å²) in [7, 11) is 1.78. The molecule has 6 nitrogen and oxygen atoms in total. The van der Waals surface area contributed by atoms with Gasteiger partial charge in [-0.15, -0.1) is 0 Å². The molecule has 33 heavy (non-hydrogen) atoms. The number of aryl methyl sites for hydroxylation is 1. The number of hydrogen-bond acceptors (Lipinski definition) is 4. The smallest absolute Gasteiger partial charge is 0.251 e. The van der Waals surface area contributed by atoms with E-state index >= 15 is 0 Å². The molecular weight excluding hydrogens is 419 g/mol. The molecule has 2 amide bonds. The van der Waals surface area contributed by atoms with Gasteiger partial charge in [0.1, 0.15) is 11.9 Å². The Balaban J connectivity index is 1.47. The summed E-state index contributed by atoms with van der Waals surface area (Å²) < 4.78 is 13.5. The van der Waals surface area contributed by atoms with Crippen LogP contribution in [0.5, 0.6) is 0 Å². The van der Waals surface area contributed by atoms with E-state index in [9.17, 15) is 14.0 Å². The lowest BCUT2D eigenvalue weighted by Gasteiger charge is -2.27. The average molecular weight is 455 g/mol. The number of hydrogen-bond donors (Lipinski definition) is 3. The standard InChI is InChI=1S/C26H35FN4O2/c1-17(2)24(28-25(32)19-12-10-18(3)11-13-19)26(33)31(4)14-6-9-22-16-23(30-29-22)20-7-5-8-21(27)15-20/h5,7-8,10-13,15,17,22-24,29-30H,6,9,14,16H2,1-4H3,(H,28,32). The highest BCUT2D eigenvalue weighted by molar-refractivity contribution is 5.97. The highest BCUT2D eigenvalue weighted by Gasteiger charge is 2.28. The van der Waals surface area contributed by atoms with Gasteiger partial charge >= 0.3 is 0 Å². The summed E-state index contributed by atoms with van der Waals surface area (Å²) in [5.74, 6) is -0.574. The Kier molecular flexibility index (Phi) is 8.58. The lowest BCUT2D eigenvalue weighted by Crippen LogP contribution is -2.50. The van der Waals surface area contributed by atoms with Crippen LogP contribution in [0.3, 0.4) is 0 Å². The molecule has 1 fully saturated rings. The number of carbonyl (C=O) groups is 2. The van der Waals surface area contributed by atoms with Crippen LogP contribution < -0.4 is 16.2 Å². The number of carbonyl (C=O) groups excluding carboxylic acids is 2. The zero-order chi connectivity index (χ0) is 24.0. The van der Waals surface area contributed by atoms with Crippen LogP contribution in [0, 0.1) is 18.7 Å². The van der Waals surface area contributed by atoms with E-state index in [1.807, 2.05) is 39.0 Å². The van der Waals surface area contributed by atoms with Crippen LogP contribution >= 0.6 is 0 Å². The van der Waals surface area contributed by atoms with Gasteiger partial charge in [-0.25, -0.2) is 4.39 Å². The lowest BCUT2D eigenvalue weighted by molar-refractivity contribution is -0.133. The van der Waals surface area contributed by atoms with Gasteiger partial charge in [0, 0.05) is 31.2 Å². The molecule has 7 heteroatoms. The van der Waals surface area contributed by atoms with Gasteiger partial charge in [0.25, 0.3) is 5.91 Å². The number of likely N-dealkylation sites (N-methyl/N-ethyl adjacent to an activating group) is 1. The van der Waals surface area contributed by atoms with Crippen LogP contribution in [0.15, 0.2) is 48.5 Å². The van der Waals surface area contributed by atoms with Gasteiger partial charge in [-0.3, -0.25) is 20.4 Å². The van der Waals surface area contributed by atoms with Gasteiger partial charge < -0.3 is 10.2 Å². The Morgan fingerprint density at radius 2 is 1.88 bits per heavy atom. The molecular formula is C26H35FN4O2. The Morgan fingerprint density at radius 1 is 1.15 bits per heavy atom. The van der Waals surface area contributed by atoms with Gasteiger partial charge in [0.2, 0.25) is 5.91 Å². The van der Waals surface area contributed by atoms with Crippen molar-refractivity contribution < 1.29 is 14.0 Å². The van der Waals surface area contributed by atoms with Crippen molar-refractivity contribution in [3.05, 3.63) is 71.0 Å². The number of halogens is 1. The summed E-state index contributed by atoms with van der Waals surface area (Å²) in [4.78, 5) is 27.4. The Morgan fingerprint density at radius 3 is 2.55 bits per heavy atom. The maximum Gasteiger partial charge on any atom is 0.251 e. The number of nitrogens with zero attached hydrogens (tertiary/aromatic N) is 1. The number of hydrazine groups is 1. The van der Waals surface area contributed by atoms with E-state index in [1.165, 1.54) is 6.07 Å². The molecule has 2 aromatic carbocycles. The van der Waals surface area contributed by atoms with Crippen LogP contribution in [0.25, 0.3) is 0 Å². The van der Waals surface area contributed by atoms with Crippen molar-refractivity contribution in [2.45, 2.75) is 58.2 Å². The fraction of sp³-hybridized carbons (Fsp3) is 0.462. The second-order valence-corrected chi connectivity index (χ2v) is 9.29. The second-order valence-electron chi connectivity index (χ2n) is 9.29. The zero-order valence-electron chi connectivity index (χ0n) is 19.9. The van der Waals surface area contributed by atoms with Crippen molar-refractivity contribution in [1.29, 1.82) is 0 Å². The minimum absolute atomic E-state index is 0.0259. The quantitative estimate of drug-likeness (QED) is 0.540. The predicted octanol–water partition coefficient (Wildman–Crippen LogP) is 3.73. The molecule has 3 rings (SSSR count). The van der Waals surface area contributed by atoms with E-state index in [0.29, 0.717) is 12.1 Å². The highest BCUT2D eigenvalue weighted by atomic mass is 19.1. The number of amides is 2. The minimum Gasteiger partial charge on any atom is -0.344 e. The third-order valence-electron chi connectivity index (χ3n) is 6.19. The van der Waals surface area contributed by atoms with Gasteiger partial charge in [-0.2, -0.15) is 0 Å². The highest BCUT2D eigenvalue weighted by Crippen LogP contribution is 2.24. The van der Waals surface area contributed by atoms with E-state index < -0.39 is 6.04 Å². The average Bonchev–Trinajstić information content (AvgIpc) is 3.26. The lowest BCUT2D eigenvalue weighted by atomic mass is 9.99. The molecule has 2 aromatic rings. The van der Waals surface area contributed by atoms with Crippen molar-refractivity contribution in [3.8, 4) is 0 Å². The van der Waals surface area contributed by atoms with Gasteiger partial charge in [-0.05, 0) is 61.9 Å². The number of benzene rings is 2. The maximum atomic E-state index is 13.5. The molecule has 3 atom stereocenters. The van der Waals surface area contributed by atoms with Crippen molar-refractivity contribution in [3.63, 3.8) is 0 Å².